The molecule has 4 aromatic rings. The van der Waals surface area contributed by atoms with Crippen LogP contribution in [0.3, 0.4) is 0 Å². The molecule has 0 aromatic heterocycles. The van der Waals surface area contributed by atoms with Crippen molar-refractivity contribution in [3.63, 3.8) is 0 Å². The predicted molar refractivity (Wildman–Crippen MR) is 169 cm³/mol. The van der Waals surface area contributed by atoms with Crippen molar-refractivity contribution >= 4 is 44.0 Å². The molecular formula is C32H31BrN4O5S. The van der Waals surface area contributed by atoms with Crippen LogP contribution < -0.4 is 15.5 Å². The Morgan fingerprint density at radius 2 is 1.51 bits per heavy atom. The van der Waals surface area contributed by atoms with Crippen LogP contribution in [0.15, 0.2) is 124 Å². The van der Waals surface area contributed by atoms with Crippen LogP contribution in [-0.2, 0) is 26.2 Å². The van der Waals surface area contributed by atoms with E-state index >= 15 is 0 Å². The van der Waals surface area contributed by atoms with E-state index in [-0.39, 0.29) is 30.0 Å². The molecule has 0 saturated carbocycles. The molecule has 11 heteroatoms. The Morgan fingerprint density at radius 3 is 2.16 bits per heavy atom. The molecule has 0 heterocycles. The van der Waals surface area contributed by atoms with Crippen LogP contribution in [-0.4, -0.2) is 43.9 Å². The summed E-state index contributed by atoms with van der Waals surface area (Å²) in [7, 11) is -3.97. The molecule has 1 atom stereocenters. The second-order valence-electron chi connectivity index (χ2n) is 9.56. The van der Waals surface area contributed by atoms with Gasteiger partial charge in [0.25, 0.3) is 11.8 Å². The number of hydrogen-bond acceptors (Lipinski definition) is 6. The van der Waals surface area contributed by atoms with Crippen molar-refractivity contribution in [3.8, 4) is 5.75 Å². The highest BCUT2D eigenvalue weighted by Gasteiger charge is 2.27. The molecule has 4 aromatic carbocycles. The van der Waals surface area contributed by atoms with E-state index in [1.807, 2.05) is 55.5 Å². The second kappa shape index (κ2) is 15.2. The first kappa shape index (κ1) is 31.6. The fourth-order valence-corrected chi connectivity index (χ4v) is 5.70. The molecule has 9 nitrogen and oxygen atoms in total. The van der Waals surface area contributed by atoms with Gasteiger partial charge in [-0.1, -0.05) is 76.6 Å². The number of sulfonamides is 1. The van der Waals surface area contributed by atoms with E-state index < -0.39 is 22.5 Å². The highest BCUT2D eigenvalue weighted by atomic mass is 79.9. The zero-order valence-electron chi connectivity index (χ0n) is 23.4. The summed E-state index contributed by atoms with van der Waals surface area (Å²) in [5.41, 5.74) is 4.81. The molecule has 2 amide bonds. The summed E-state index contributed by atoms with van der Waals surface area (Å²) in [6.07, 6.45) is 1.43. The molecule has 222 valence electrons. The Morgan fingerprint density at radius 1 is 0.884 bits per heavy atom. The first-order chi connectivity index (χ1) is 20.7. The standard InChI is InChI=1S/C32H31BrN4O5S/c1-24(27-10-6-3-7-11-27)35-32(39)23-42-29-16-12-25(13-17-29)20-34-36-31(38)22-37(21-26-8-4-2-5-9-26)43(40,41)30-18-14-28(33)15-19-30/h2-20,24H,21-23H2,1H3,(H,35,39)(H,36,38)/b34-20+/t24-/m0/s1. The van der Waals surface area contributed by atoms with Gasteiger partial charge in [-0.3, -0.25) is 9.59 Å². The van der Waals surface area contributed by atoms with Gasteiger partial charge in [0, 0.05) is 11.0 Å². The average molecular weight is 664 g/mol. The Labute approximate surface area is 259 Å². The van der Waals surface area contributed by atoms with Crippen molar-refractivity contribution in [1.82, 2.24) is 15.0 Å². The number of hydrogen-bond donors (Lipinski definition) is 2. The summed E-state index contributed by atoms with van der Waals surface area (Å²) in [5.74, 6) is -0.338. The van der Waals surface area contributed by atoms with E-state index in [0.717, 1.165) is 19.9 Å². The minimum atomic E-state index is -3.97. The van der Waals surface area contributed by atoms with E-state index in [2.05, 4.69) is 31.8 Å². The summed E-state index contributed by atoms with van der Waals surface area (Å²) in [5, 5.41) is 6.87. The minimum Gasteiger partial charge on any atom is -0.484 e. The van der Waals surface area contributed by atoms with Crippen LogP contribution in [0.4, 0.5) is 0 Å². The summed E-state index contributed by atoms with van der Waals surface area (Å²) in [4.78, 5) is 25.1. The van der Waals surface area contributed by atoms with Gasteiger partial charge in [-0.25, -0.2) is 13.8 Å². The zero-order valence-corrected chi connectivity index (χ0v) is 25.8. The van der Waals surface area contributed by atoms with Crippen LogP contribution >= 0.6 is 15.9 Å². The Kier molecular flexibility index (Phi) is 11.2. The lowest BCUT2D eigenvalue weighted by atomic mass is 10.1. The number of carbonyl (C=O) groups excluding carboxylic acids is 2. The summed E-state index contributed by atoms with van der Waals surface area (Å²) in [6, 6.07) is 31.6. The van der Waals surface area contributed by atoms with Crippen molar-refractivity contribution < 1.29 is 22.7 Å². The van der Waals surface area contributed by atoms with Gasteiger partial charge in [-0.15, -0.1) is 0 Å². The minimum absolute atomic E-state index is 0.0149. The lowest BCUT2D eigenvalue weighted by molar-refractivity contribution is -0.124. The summed E-state index contributed by atoms with van der Waals surface area (Å²) >= 11 is 3.31. The number of nitrogens with zero attached hydrogens (tertiary/aromatic N) is 2. The Balaban J connectivity index is 1.30. The number of nitrogens with one attached hydrogen (secondary N) is 2. The van der Waals surface area contributed by atoms with Gasteiger partial charge < -0.3 is 10.1 Å². The van der Waals surface area contributed by atoms with Crippen LogP contribution in [0.5, 0.6) is 5.75 Å². The molecular weight excluding hydrogens is 632 g/mol. The number of halogens is 1. The number of amides is 2. The van der Waals surface area contributed by atoms with Crippen molar-refractivity contribution in [3.05, 3.63) is 130 Å². The van der Waals surface area contributed by atoms with Gasteiger partial charge in [-0.2, -0.15) is 9.41 Å². The van der Waals surface area contributed by atoms with Crippen molar-refractivity contribution in [2.45, 2.75) is 24.4 Å². The lowest BCUT2D eigenvalue weighted by Crippen LogP contribution is -2.39. The van der Waals surface area contributed by atoms with E-state index in [1.165, 1.54) is 18.3 Å². The quantitative estimate of drug-likeness (QED) is 0.154. The van der Waals surface area contributed by atoms with E-state index in [9.17, 15) is 18.0 Å². The van der Waals surface area contributed by atoms with Gasteiger partial charge in [0.05, 0.1) is 23.7 Å². The number of rotatable bonds is 13. The number of benzene rings is 4. The number of ether oxygens (including phenoxy) is 1. The number of carbonyl (C=O) groups is 2. The van der Waals surface area contributed by atoms with E-state index in [0.29, 0.717) is 11.3 Å². The first-order valence-electron chi connectivity index (χ1n) is 13.4. The normalized spacial score (nSPS) is 12.2. The van der Waals surface area contributed by atoms with E-state index in [1.54, 1.807) is 48.5 Å². The van der Waals surface area contributed by atoms with Gasteiger partial charge >= 0.3 is 0 Å². The van der Waals surface area contributed by atoms with Gasteiger partial charge in [0.1, 0.15) is 5.75 Å². The van der Waals surface area contributed by atoms with E-state index in [4.69, 9.17) is 4.74 Å². The SMILES string of the molecule is C[C@H](NC(=O)COc1ccc(/C=N/NC(=O)CN(Cc2ccccc2)S(=O)(=O)c2ccc(Br)cc2)cc1)c1ccccc1. The van der Waals surface area contributed by atoms with Crippen LogP contribution in [0.2, 0.25) is 0 Å². The molecule has 0 bridgehead atoms. The predicted octanol–water partition coefficient (Wildman–Crippen LogP) is 5.05. The van der Waals surface area contributed by atoms with Gasteiger partial charge in [-0.05, 0) is 72.1 Å². The molecule has 0 unspecified atom stereocenters. The number of hydrazone groups is 1. The molecule has 0 fully saturated rings. The zero-order chi connectivity index (χ0) is 30.7. The van der Waals surface area contributed by atoms with Crippen LogP contribution in [0.25, 0.3) is 0 Å². The van der Waals surface area contributed by atoms with Crippen LogP contribution in [0, 0.1) is 0 Å². The lowest BCUT2D eigenvalue weighted by Gasteiger charge is -2.21. The topological polar surface area (TPSA) is 117 Å². The molecule has 2 N–H and O–H groups in total. The molecule has 0 aliphatic rings. The third-order valence-corrected chi connectivity index (χ3v) is 8.64. The third kappa shape index (κ3) is 9.60. The fourth-order valence-electron chi connectivity index (χ4n) is 4.05. The smallest absolute Gasteiger partial charge is 0.258 e. The third-order valence-electron chi connectivity index (χ3n) is 6.30. The van der Waals surface area contributed by atoms with Crippen LogP contribution in [0.1, 0.15) is 29.7 Å². The van der Waals surface area contributed by atoms with Crippen molar-refractivity contribution in [2.75, 3.05) is 13.2 Å². The Hall–Kier alpha value is -4.32. The highest BCUT2D eigenvalue weighted by Crippen LogP contribution is 2.21. The largest absolute Gasteiger partial charge is 0.484 e. The van der Waals surface area contributed by atoms with Gasteiger partial charge in [0.15, 0.2) is 6.61 Å². The monoisotopic (exact) mass is 662 g/mol. The maximum Gasteiger partial charge on any atom is 0.258 e. The van der Waals surface area contributed by atoms with Gasteiger partial charge in [0.2, 0.25) is 10.0 Å². The Bertz CT molecular complexity index is 1630. The molecule has 0 spiro atoms. The molecule has 0 saturated heterocycles. The highest BCUT2D eigenvalue weighted by molar-refractivity contribution is 9.10. The average Bonchev–Trinajstić information content (AvgIpc) is 3.01. The molecule has 43 heavy (non-hydrogen) atoms. The summed E-state index contributed by atoms with van der Waals surface area (Å²) < 4.78 is 34.2. The van der Waals surface area contributed by atoms with Crippen molar-refractivity contribution in [2.24, 2.45) is 5.10 Å². The maximum absolute atomic E-state index is 13.4. The second-order valence-corrected chi connectivity index (χ2v) is 12.4. The fraction of sp³-hybridized carbons (Fsp3) is 0.156. The molecule has 0 radical (unpaired) electrons. The molecule has 4 rings (SSSR count). The maximum atomic E-state index is 13.4. The molecule has 0 aliphatic heterocycles. The molecule has 0 aliphatic carbocycles. The summed E-state index contributed by atoms with van der Waals surface area (Å²) in [6.45, 7) is 1.36. The first-order valence-corrected chi connectivity index (χ1v) is 15.6. The van der Waals surface area contributed by atoms with Crippen molar-refractivity contribution in [1.29, 1.82) is 0 Å².